The summed E-state index contributed by atoms with van der Waals surface area (Å²) in [6, 6.07) is 0. The number of fused-ring (bicyclic) bond motifs is 5. The van der Waals surface area contributed by atoms with E-state index in [9.17, 15) is 5.26 Å². The highest BCUT2D eigenvalue weighted by Gasteiger charge is 2.61. The molecule has 4 rings (SSSR count). The lowest BCUT2D eigenvalue weighted by molar-refractivity contribution is -0.126. The zero-order valence-electron chi connectivity index (χ0n) is 21.3. The van der Waals surface area contributed by atoms with Gasteiger partial charge in [-0.1, -0.05) is 60.8 Å². The number of thioether (sulfide) groups is 1. The summed E-state index contributed by atoms with van der Waals surface area (Å²) in [5, 5.41) is 12.3. The van der Waals surface area contributed by atoms with E-state index < -0.39 is 0 Å². The van der Waals surface area contributed by atoms with E-state index in [2.05, 4.69) is 46.9 Å². The lowest BCUT2D eigenvalue weighted by Gasteiger charge is -2.62. The Hall–Kier alpha value is -0.160. The second-order valence-corrected chi connectivity index (χ2v) is 14.3. The van der Waals surface area contributed by atoms with Crippen molar-refractivity contribution in [3.63, 3.8) is 0 Å². The van der Waals surface area contributed by atoms with E-state index in [0.29, 0.717) is 16.1 Å². The van der Waals surface area contributed by atoms with Crippen molar-refractivity contribution in [1.29, 1.82) is 5.26 Å². The van der Waals surface area contributed by atoms with Crippen LogP contribution < -0.4 is 0 Å². The van der Waals surface area contributed by atoms with Crippen LogP contribution in [0.2, 0.25) is 0 Å². The molecule has 0 aromatic heterocycles. The molecule has 0 aromatic carbocycles. The third kappa shape index (κ3) is 4.13. The van der Waals surface area contributed by atoms with Gasteiger partial charge in [-0.2, -0.15) is 5.26 Å². The molecule has 0 amide bonds. The predicted molar refractivity (Wildman–Crippen MR) is 135 cm³/mol. The van der Waals surface area contributed by atoms with E-state index in [-0.39, 0.29) is 0 Å². The third-order valence-electron chi connectivity index (χ3n) is 11.5. The van der Waals surface area contributed by atoms with Gasteiger partial charge in [-0.25, -0.2) is 0 Å². The van der Waals surface area contributed by atoms with E-state index in [1.807, 2.05) is 0 Å². The number of rotatable bonds is 6. The lowest BCUT2D eigenvalue weighted by atomic mass is 9.43. The minimum Gasteiger partial charge on any atom is -0.185 e. The molecule has 0 bridgehead atoms. The molecule has 10 atom stereocenters. The zero-order valence-corrected chi connectivity index (χ0v) is 22.1. The molecule has 0 unspecified atom stereocenters. The van der Waals surface area contributed by atoms with Gasteiger partial charge in [0.05, 0.1) is 0 Å². The molecule has 0 aromatic rings. The highest BCUT2D eigenvalue weighted by molar-refractivity contribution is 8.04. The van der Waals surface area contributed by atoms with Crippen LogP contribution in [-0.4, -0.2) is 5.25 Å². The van der Waals surface area contributed by atoms with Gasteiger partial charge in [0.2, 0.25) is 0 Å². The van der Waals surface area contributed by atoms with Crippen LogP contribution in [0.5, 0.6) is 0 Å². The summed E-state index contributed by atoms with van der Waals surface area (Å²) < 4.78 is 0. The van der Waals surface area contributed by atoms with E-state index in [0.717, 1.165) is 47.3 Å². The minimum absolute atomic E-state index is 0.539. The van der Waals surface area contributed by atoms with Gasteiger partial charge in [-0.05, 0) is 121 Å². The maximum Gasteiger partial charge on any atom is 0.133 e. The highest BCUT2D eigenvalue weighted by Crippen LogP contribution is 2.69. The first-order valence-electron chi connectivity index (χ1n) is 13.8. The molecule has 0 spiro atoms. The number of hydrogen-bond donors (Lipinski definition) is 0. The molecule has 1 nitrogen and oxygen atoms in total. The SMILES string of the molecule is CC(C)CCC[C@@H](C)[C@H]1CC[C@H]2[C@@H]3CC[C@H]4[C@H](C)[C@@H](SC#N)CC[C@]4(C)[C@H]3CC[C@]12C. The fraction of sp³-hybridized carbons (Fsp3) is 0.966. The predicted octanol–water partition coefficient (Wildman–Crippen LogP) is 8.94. The normalized spacial score (nSPS) is 47.9. The van der Waals surface area contributed by atoms with Crippen LogP contribution in [0.4, 0.5) is 0 Å². The Kier molecular flexibility index (Phi) is 7.14. The highest BCUT2D eigenvalue weighted by atomic mass is 32.2. The average Bonchev–Trinajstić information content (AvgIpc) is 3.07. The van der Waals surface area contributed by atoms with Gasteiger partial charge < -0.3 is 0 Å². The molecular formula is C29H49NS. The molecule has 4 saturated carbocycles. The minimum atomic E-state index is 0.539. The number of hydrogen-bond acceptors (Lipinski definition) is 2. The summed E-state index contributed by atoms with van der Waals surface area (Å²) in [5.74, 6) is 7.24. The Morgan fingerprint density at radius 2 is 1.55 bits per heavy atom. The summed E-state index contributed by atoms with van der Waals surface area (Å²) >= 11 is 1.58. The Morgan fingerprint density at radius 3 is 2.26 bits per heavy atom. The van der Waals surface area contributed by atoms with Crippen molar-refractivity contribution >= 4 is 11.8 Å². The van der Waals surface area contributed by atoms with Gasteiger partial charge in [0.1, 0.15) is 5.40 Å². The van der Waals surface area contributed by atoms with Crippen molar-refractivity contribution in [2.45, 2.75) is 117 Å². The molecule has 2 heteroatoms. The van der Waals surface area contributed by atoms with Crippen LogP contribution in [0.25, 0.3) is 0 Å². The van der Waals surface area contributed by atoms with E-state index in [4.69, 9.17) is 0 Å². The summed E-state index contributed by atoms with van der Waals surface area (Å²) in [6.07, 6.45) is 15.9. The fourth-order valence-electron chi connectivity index (χ4n) is 9.95. The van der Waals surface area contributed by atoms with E-state index in [1.54, 1.807) is 11.8 Å². The Bertz CT molecular complexity index is 666. The number of thiocyanates is 1. The first-order chi connectivity index (χ1) is 14.7. The van der Waals surface area contributed by atoms with Crippen molar-refractivity contribution in [3.8, 4) is 5.40 Å². The summed E-state index contributed by atoms with van der Waals surface area (Å²) in [4.78, 5) is 0. The smallest absolute Gasteiger partial charge is 0.133 e. The molecule has 0 N–H and O–H groups in total. The lowest BCUT2D eigenvalue weighted by Crippen LogP contribution is -2.56. The number of nitrogens with zero attached hydrogens (tertiary/aromatic N) is 1. The van der Waals surface area contributed by atoms with Gasteiger partial charge in [-0.3, -0.25) is 0 Å². The van der Waals surface area contributed by atoms with Crippen LogP contribution in [0, 0.1) is 68.8 Å². The molecule has 0 heterocycles. The van der Waals surface area contributed by atoms with Crippen molar-refractivity contribution < 1.29 is 0 Å². The molecule has 0 saturated heterocycles. The molecule has 31 heavy (non-hydrogen) atoms. The standard InChI is InChI=1S/C29H49NS/c1-19(2)8-7-9-20(3)23-12-13-25-22-10-11-24-21(4)27(31-18-30)15-17-29(24,6)26(22)14-16-28(23,25)5/h19-27H,7-17H2,1-6H3/t20-,21+,22+,23-,24+,25+,26+,27+,28-,29+/m1/s1. The van der Waals surface area contributed by atoms with Gasteiger partial charge in [0, 0.05) is 5.25 Å². The summed E-state index contributed by atoms with van der Waals surface area (Å²) in [5.41, 5.74) is 1.15. The largest absolute Gasteiger partial charge is 0.185 e. The fourth-order valence-corrected chi connectivity index (χ4v) is 10.7. The van der Waals surface area contributed by atoms with Crippen LogP contribution in [-0.2, 0) is 0 Å². The Morgan fingerprint density at radius 1 is 0.871 bits per heavy atom. The van der Waals surface area contributed by atoms with Gasteiger partial charge in [0.15, 0.2) is 0 Å². The number of nitriles is 1. The van der Waals surface area contributed by atoms with Crippen LogP contribution in [0.15, 0.2) is 0 Å². The van der Waals surface area contributed by atoms with Gasteiger partial charge >= 0.3 is 0 Å². The first kappa shape index (κ1) is 24.0. The first-order valence-corrected chi connectivity index (χ1v) is 14.6. The molecule has 4 aliphatic rings. The molecule has 4 fully saturated rings. The topological polar surface area (TPSA) is 23.8 Å². The van der Waals surface area contributed by atoms with Crippen LogP contribution >= 0.6 is 11.8 Å². The second kappa shape index (κ2) is 9.24. The maximum atomic E-state index is 9.28. The van der Waals surface area contributed by atoms with Crippen LogP contribution in [0.3, 0.4) is 0 Å². The second-order valence-electron chi connectivity index (χ2n) is 13.2. The third-order valence-corrected chi connectivity index (χ3v) is 12.6. The molecule has 4 aliphatic carbocycles. The van der Waals surface area contributed by atoms with Gasteiger partial charge in [0.25, 0.3) is 0 Å². The summed E-state index contributed by atoms with van der Waals surface area (Å²) in [6.45, 7) is 15.2. The maximum absolute atomic E-state index is 9.28. The molecule has 176 valence electrons. The summed E-state index contributed by atoms with van der Waals surface area (Å²) in [7, 11) is 0. The quantitative estimate of drug-likeness (QED) is 0.382. The average molecular weight is 444 g/mol. The Balaban J connectivity index is 1.47. The Labute approximate surface area is 197 Å². The van der Waals surface area contributed by atoms with Crippen molar-refractivity contribution in [2.24, 2.45) is 58.2 Å². The zero-order chi connectivity index (χ0) is 22.4. The molecule has 0 radical (unpaired) electrons. The van der Waals surface area contributed by atoms with E-state index >= 15 is 0 Å². The van der Waals surface area contributed by atoms with Crippen molar-refractivity contribution in [2.75, 3.05) is 0 Å². The van der Waals surface area contributed by atoms with E-state index in [1.165, 1.54) is 70.6 Å². The van der Waals surface area contributed by atoms with Crippen molar-refractivity contribution in [1.82, 2.24) is 0 Å². The molecule has 0 aliphatic heterocycles. The van der Waals surface area contributed by atoms with Gasteiger partial charge in [-0.15, -0.1) is 0 Å². The van der Waals surface area contributed by atoms with Crippen LogP contribution in [0.1, 0.15) is 112 Å². The molecular weight excluding hydrogens is 394 g/mol. The monoisotopic (exact) mass is 443 g/mol. The van der Waals surface area contributed by atoms with Crippen molar-refractivity contribution in [3.05, 3.63) is 0 Å².